The quantitative estimate of drug-likeness (QED) is 0.800. The Balaban J connectivity index is 1.90. The van der Waals surface area contributed by atoms with Gasteiger partial charge < -0.3 is 9.47 Å². The molecule has 1 aliphatic heterocycles. The van der Waals surface area contributed by atoms with Gasteiger partial charge in [-0.3, -0.25) is 0 Å². The van der Waals surface area contributed by atoms with Crippen LogP contribution in [0.15, 0.2) is 29.3 Å². The maximum Gasteiger partial charge on any atom is 0.184 e. The molecular weight excluding hydrogens is 214 g/mol. The molecule has 92 valence electrons. The molecule has 17 heavy (non-hydrogen) atoms. The van der Waals surface area contributed by atoms with Crippen LogP contribution in [0.1, 0.15) is 25.8 Å². The summed E-state index contributed by atoms with van der Waals surface area (Å²) in [4.78, 5) is 4.54. The van der Waals surface area contributed by atoms with Gasteiger partial charge in [0.1, 0.15) is 12.4 Å². The van der Waals surface area contributed by atoms with Crippen LogP contribution in [0.5, 0.6) is 5.75 Å². The van der Waals surface area contributed by atoms with Crippen LogP contribution in [0.2, 0.25) is 0 Å². The van der Waals surface area contributed by atoms with Crippen LogP contribution in [0.4, 0.5) is 0 Å². The molecule has 0 radical (unpaired) electrons. The predicted molar refractivity (Wildman–Crippen MR) is 68.8 cm³/mol. The minimum Gasteiger partial charge on any atom is -0.497 e. The van der Waals surface area contributed by atoms with Gasteiger partial charge in [-0.1, -0.05) is 12.1 Å². The van der Waals surface area contributed by atoms with Crippen LogP contribution >= 0.6 is 0 Å². The molecule has 0 saturated heterocycles. The molecule has 3 heteroatoms. The lowest BCUT2D eigenvalue weighted by molar-refractivity contribution is 0.274. The van der Waals surface area contributed by atoms with E-state index in [4.69, 9.17) is 9.47 Å². The van der Waals surface area contributed by atoms with E-state index in [9.17, 15) is 0 Å². The van der Waals surface area contributed by atoms with Crippen molar-refractivity contribution in [1.82, 2.24) is 0 Å². The van der Waals surface area contributed by atoms with Crippen molar-refractivity contribution in [3.05, 3.63) is 29.8 Å². The van der Waals surface area contributed by atoms with Gasteiger partial charge in [0.15, 0.2) is 5.90 Å². The van der Waals surface area contributed by atoms with Gasteiger partial charge in [-0.25, -0.2) is 4.99 Å². The first-order valence-corrected chi connectivity index (χ1v) is 5.93. The number of aliphatic imine (C=N–C) groups is 1. The van der Waals surface area contributed by atoms with Gasteiger partial charge in [-0.05, 0) is 38.0 Å². The van der Waals surface area contributed by atoms with Gasteiger partial charge in [0, 0.05) is 6.42 Å². The zero-order valence-corrected chi connectivity index (χ0v) is 10.7. The van der Waals surface area contributed by atoms with E-state index in [1.165, 1.54) is 5.56 Å². The lowest BCUT2D eigenvalue weighted by Crippen LogP contribution is -2.17. The predicted octanol–water partition coefficient (Wildman–Crippen LogP) is 2.84. The molecule has 1 heterocycles. The Morgan fingerprint density at radius 1 is 1.24 bits per heavy atom. The van der Waals surface area contributed by atoms with Gasteiger partial charge in [0.25, 0.3) is 0 Å². The van der Waals surface area contributed by atoms with Crippen LogP contribution in [-0.2, 0) is 11.2 Å². The molecule has 0 N–H and O–H groups in total. The second-order valence-electron chi connectivity index (χ2n) is 4.95. The highest BCUT2D eigenvalue weighted by molar-refractivity contribution is 5.78. The second-order valence-corrected chi connectivity index (χ2v) is 4.95. The van der Waals surface area contributed by atoms with Gasteiger partial charge in [0.05, 0.1) is 12.6 Å². The number of methoxy groups -OCH3 is 1. The smallest absolute Gasteiger partial charge is 0.184 e. The number of hydrogen-bond donors (Lipinski definition) is 0. The van der Waals surface area contributed by atoms with Crippen LogP contribution in [0, 0.1) is 0 Å². The largest absolute Gasteiger partial charge is 0.497 e. The first-order chi connectivity index (χ1) is 8.09. The second kappa shape index (κ2) is 4.78. The van der Waals surface area contributed by atoms with Crippen molar-refractivity contribution in [2.24, 2.45) is 4.99 Å². The fourth-order valence-electron chi connectivity index (χ4n) is 1.83. The van der Waals surface area contributed by atoms with E-state index >= 15 is 0 Å². The number of ether oxygens (including phenoxy) is 2. The molecule has 0 fully saturated rings. The van der Waals surface area contributed by atoms with Gasteiger partial charge in [0.2, 0.25) is 0 Å². The fourth-order valence-corrected chi connectivity index (χ4v) is 1.83. The zero-order chi connectivity index (χ0) is 12.3. The van der Waals surface area contributed by atoms with E-state index in [1.54, 1.807) is 7.11 Å². The average molecular weight is 233 g/mol. The molecule has 0 saturated carbocycles. The van der Waals surface area contributed by atoms with Crippen molar-refractivity contribution in [3.63, 3.8) is 0 Å². The normalized spacial score (nSPS) is 17.5. The third-order valence-corrected chi connectivity index (χ3v) is 2.81. The van der Waals surface area contributed by atoms with Crippen molar-refractivity contribution in [2.75, 3.05) is 13.7 Å². The van der Waals surface area contributed by atoms with Crippen LogP contribution < -0.4 is 4.74 Å². The summed E-state index contributed by atoms with van der Waals surface area (Å²) in [5, 5.41) is 0. The molecule has 0 aliphatic carbocycles. The summed E-state index contributed by atoms with van der Waals surface area (Å²) >= 11 is 0. The number of nitrogens with zero attached hydrogens (tertiary/aromatic N) is 1. The number of hydrogen-bond acceptors (Lipinski definition) is 3. The van der Waals surface area contributed by atoms with E-state index < -0.39 is 0 Å². The van der Waals surface area contributed by atoms with Crippen molar-refractivity contribution in [3.8, 4) is 5.75 Å². The molecular formula is C14H19NO2. The molecule has 0 amide bonds. The standard InChI is InChI=1S/C14H19NO2/c1-14(2)10-17-13(15-14)9-6-11-4-7-12(16-3)8-5-11/h4-5,7-8H,6,9-10H2,1-3H3. The Morgan fingerprint density at radius 3 is 2.47 bits per heavy atom. The molecule has 0 spiro atoms. The van der Waals surface area contributed by atoms with Gasteiger partial charge >= 0.3 is 0 Å². The third-order valence-electron chi connectivity index (χ3n) is 2.81. The SMILES string of the molecule is COc1ccc(CCC2=NC(C)(C)CO2)cc1. The highest BCUT2D eigenvalue weighted by Gasteiger charge is 2.25. The Labute approximate surface area is 102 Å². The van der Waals surface area contributed by atoms with E-state index in [0.717, 1.165) is 24.5 Å². The van der Waals surface area contributed by atoms with Crippen molar-refractivity contribution >= 4 is 5.90 Å². The van der Waals surface area contributed by atoms with Gasteiger partial charge in [-0.15, -0.1) is 0 Å². The highest BCUT2D eigenvalue weighted by Crippen LogP contribution is 2.19. The summed E-state index contributed by atoms with van der Waals surface area (Å²) in [5.74, 6) is 1.77. The van der Waals surface area contributed by atoms with E-state index in [0.29, 0.717) is 6.61 Å². The topological polar surface area (TPSA) is 30.8 Å². The van der Waals surface area contributed by atoms with E-state index in [2.05, 4.69) is 31.0 Å². The summed E-state index contributed by atoms with van der Waals surface area (Å²) in [6, 6.07) is 8.13. The first-order valence-electron chi connectivity index (χ1n) is 5.93. The summed E-state index contributed by atoms with van der Waals surface area (Å²) < 4.78 is 10.7. The average Bonchev–Trinajstić information content (AvgIpc) is 2.67. The van der Waals surface area contributed by atoms with Crippen LogP contribution in [0.25, 0.3) is 0 Å². The van der Waals surface area contributed by atoms with Crippen molar-refractivity contribution in [2.45, 2.75) is 32.2 Å². The summed E-state index contributed by atoms with van der Waals surface area (Å²) in [6.07, 6.45) is 1.83. The van der Waals surface area contributed by atoms with Crippen molar-refractivity contribution < 1.29 is 9.47 Å². The highest BCUT2D eigenvalue weighted by atomic mass is 16.5. The third kappa shape index (κ3) is 3.22. The molecule has 1 aliphatic rings. The van der Waals surface area contributed by atoms with Crippen molar-refractivity contribution in [1.29, 1.82) is 0 Å². The Kier molecular flexibility index (Phi) is 3.36. The molecule has 1 aromatic rings. The molecule has 0 unspecified atom stereocenters. The Bertz CT molecular complexity index is 407. The molecule has 1 aromatic carbocycles. The molecule has 0 atom stereocenters. The first kappa shape index (κ1) is 12.0. The van der Waals surface area contributed by atoms with Crippen LogP contribution in [-0.4, -0.2) is 25.2 Å². The summed E-state index contributed by atoms with van der Waals surface area (Å²) in [6.45, 7) is 4.88. The molecule has 2 rings (SSSR count). The number of benzene rings is 1. The molecule has 0 aromatic heterocycles. The number of rotatable bonds is 4. The monoisotopic (exact) mass is 233 g/mol. The summed E-state index contributed by atoms with van der Waals surface area (Å²) in [5.41, 5.74) is 1.23. The molecule has 0 bridgehead atoms. The maximum absolute atomic E-state index is 5.56. The number of aryl methyl sites for hydroxylation is 1. The van der Waals surface area contributed by atoms with E-state index in [1.807, 2.05) is 12.1 Å². The van der Waals surface area contributed by atoms with Crippen LogP contribution in [0.3, 0.4) is 0 Å². The minimum atomic E-state index is -0.0464. The lowest BCUT2D eigenvalue weighted by atomic mass is 10.1. The van der Waals surface area contributed by atoms with Gasteiger partial charge in [-0.2, -0.15) is 0 Å². The maximum atomic E-state index is 5.56. The lowest BCUT2D eigenvalue weighted by Gasteiger charge is -2.07. The fraction of sp³-hybridized carbons (Fsp3) is 0.500. The molecule has 3 nitrogen and oxygen atoms in total. The Hall–Kier alpha value is -1.51. The van der Waals surface area contributed by atoms with E-state index in [-0.39, 0.29) is 5.54 Å². The summed E-state index contributed by atoms with van der Waals surface area (Å²) in [7, 11) is 1.68. The minimum absolute atomic E-state index is 0.0464. The zero-order valence-electron chi connectivity index (χ0n) is 10.7. The Morgan fingerprint density at radius 2 is 1.94 bits per heavy atom.